The number of aromatic nitrogens is 3. The number of benzene rings is 1. The second-order valence-electron chi connectivity index (χ2n) is 6.41. The van der Waals surface area contributed by atoms with Crippen LogP contribution in [0.15, 0.2) is 30.6 Å². The monoisotopic (exact) mass is 365 g/mol. The number of pyridine rings is 1. The molecule has 0 saturated carbocycles. The Kier molecular flexibility index (Phi) is 4.66. The van der Waals surface area contributed by atoms with Crippen LogP contribution < -0.4 is 20.1 Å². The zero-order valence-electron chi connectivity index (χ0n) is 15.6. The molecule has 0 spiro atoms. The molecule has 3 aromatic rings. The fraction of sp³-hybridized carbons (Fsp3) is 0.350. The predicted octanol–water partition coefficient (Wildman–Crippen LogP) is 2.97. The van der Waals surface area contributed by atoms with Crippen LogP contribution in [-0.4, -0.2) is 34.7 Å². The molecule has 140 valence electrons. The van der Waals surface area contributed by atoms with Crippen molar-refractivity contribution in [2.24, 2.45) is 0 Å². The van der Waals surface area contributed by atoms with Crippen molar-refractivity contribution in [2.75, 3.05) is 30.4 Å². The van der Waals surface area contributed by atoms with Crippen molar-refractivity contribution in [1.82, 2.24) is 15.0 Å². The van der Waals surface area contributed by atoms with Crippen LogP contribution in [-0.2, 0) is 13.0 Å². The number of rotatable bonds is 5. The predicted molar refractivity (Wildman–Crippen MR) is 105 cm³/mol. The summed E-state index contributed by atoms with van der Waals surface area (Å²) in [6.45, 7) is 6.80. The lowest BCUT2D eigenvalue weighted by molar-refractivity contribution is 0.287. The Morgan fingerprint density at radius 1 is 1.04 bits per heavy atom. The maximum absolute atomic E-state index is 5.79. The van der Waals surface area contributed by atoms with Crippen LogP contribution in [0.2, 0.25) is 0 Å². The van der Waals surface area contributed by atoms with Gasteiger partial charge in [0, 0.05) is 13.1 Å². The molecular weight excluding hydrogens is 342 g/mol. The Hall–Kier alpha value is -3.09. The molecule has 0 unspecified atom stereocenters. The van der Waals surface area contributed by atoms with Crippen molar-refractivity contribution >= 4 is 22.7 Å². The van der Waals surface area contributed by atoms with Gasteiger partial charge in [0.15, 0.2) is 17.1 Å². The van der Waals surface area contributed by atoms with Crippen LogP contribution in [0.4, 0.5) is 11.6 Å². The van der Waals surface area contributed by atoms with Crippen molar-refractivity contribution in [3.8, 4) is 11.5 Å². The average molecular weight is 365 g/mol. The Labute approximate surface area is 158 Å². The van der Waals surface area contributed by atoms with E-state index in [0.717, 1.165) is 42.2 Å². The second kappa shape index (κ2) is 7.26. The highest BCUT2D eigenvalue weighted by molar-refractivity contribution is 5.87. The molecule has 2 aromatic heterocycles. The van der Waals surface area contributed by atoms with E-state index < -0.39 is 0 Å². The summed E-state index contributed by atoms with van der Waals surface area (Å²) in [5.74, 6) is 2.95. The van der Waals surface area contributed by atoms with E-state index in [1.165, 1.54) is 11.1 Å². The van der Waals surface area contributed by atoms with E-state index in [0.29, 0.717) is 24.7 Å². The summed E-state index contributed by atoms with van der Waals surface area (Å²) in [5, 5.41) is 0.908. The smallest absolute Gasteiger partial charge is 0.166 e. The third kappa shape index (κ3) is 3.32. The van der Waals surface area contributed by atoms with Gasteiger partial charge in [0.05, 0.1) is 18.6 Å². The first-order valence-electron chi connectivity index (χ1n) is 9.23. The van der Waals surface area contributed by atoms with E-state index in [1.54, 1.807) is 12.4 Å². The van der Waals surface area contributed by atoms with Gasteiger partial charge >= 0.3 is 0 Å². The number of hydrogen-bond donors (Lipinski definition) is 1. The summed E-state index contributed by atoms with van der Waals surface area (Å²) in [7, 11) is 0. The Bertz CT molecular complexity index is 976. The number of anilines is 2. The lowest BCUT2D eigenvalue weighted by Crippen LogP contribution is -2.31. The average Bonchev–Trinajstić information content (AvgIpc) is 2.68. The molecule has 0 bridgehead atoms. The van der Waals surface area contributed by atoms with Gasteiger partial charge in [0.2, 0.25) is 0 Å². The van der Waals surface area contributed by atoms with Crippen molar-refractivity contribution in [2.45, 2.75) is 26.8 Å². The van der Waals surface area contributed by atoms with Crippen LogP contribution >= 0.6 is 0 Å². The van der Waals surface area contributed by atoms with Gasteiger partial charge in [-0.3, -0.25) is 0 Å². The van der Waals surface area contributed by atoms with Gasteiger partial charge < -0.3 is 20.1 Å². The molecule has 1 aliphatic heterocycles. The molecule has 7 heteroatoms. The molecule has 3 heterocycles. The fourth-order valence-corrected chi connectivity index (χ4v) is 3.48. The van der Waals surface area contributed by atoms with Gasteiger partial charge in [-0.1, -0.05) is 0 Å². The Morgan fingerprint density at radius 3 is 2.52 bits per heavy atom. The molecule has 0 fully saturated rings. The van der Waals surface area contributed by atoms with Crippen molar-refractivity contribution in [3.05, 3.63) is 41.7 Å². The Balaban J connectivity index is 1.70. The lowest BCUT2D eigenvalue weighted by Gasteiger charge is -2.31. The van der Waals surface area contributed by atoms with Crippen LogP contribution in [0.3, 0.4) is 0 Å². The minimum Gasteiger partial charge on any atom is -0.490 e. The highest BCUT2D eigenvalue weighted by Gasteiger charge is 2.22. The van der Waals surface area contributed by atoms with E-state index in [4.69, 9.17) is 15.2 Å². The van der Waals surface area contributed by atoms with Gasteiger partial charge in [0.1, 0.15) is 18.0 Å². The van der Waals surface area contributed by atoms with Crippen molar-refractivity contribution in [1.29, 1.82) is 0 Å². The molecule has 0 aliphatic carbocycles. The fourth-order valence-electron chi connectivity index (χ4n) is 3.48. The number of nitrogens with zero attached hydrogens (tertiary/aromatic N) is 4. The van der Waals surface area contributed by atoms with E-state index in [-0.39, 0.29) is 0 Å². The van der Waals surface area contributed by atoms with E-state index in [1.807, 2.05) is 19.9 Å². The standard InChI is InChI=1S/C20H23N5O2/c1-3-26-16-9-13-7-8-25(11-14(13)10-17(16)27-4-2)20-15-5-6-18(21)24-19(15)22-12-23-20/h5-6,9-10,12H,3-4,7-8,11H2,1-2H3,(H2,21,22,23,24). The first-order valence-corrected chi connectivity index (χ1v) is 9.23. The zero-order chi connectivity index (χ0) is 18.8. The summed E-state index contributed by atoms with van der Waals surface area (Å²) in [6.07, 6.45) is 2.46. The molecule has 1 aliphatic rings. The quantitative estimate of drug-likeness (QED) is 0.744. The zero-order valence-corrected chi connectivity index (χ0v) is 15.6. The molecule has 1 aromatic carbocycles. The van der Waals surface area contributed by atoms with Gasteiger partial charge in [-0.25, -0.2) is 15.0 Å². The number of fused-ring (bicyclic) bond motifs is 2. The van der Waals surface area contributed by atoms with Crippen molar-refractivity contribution in [3.63, 3.8) is 0 Å². The minimum atomic E-state index is 0.459. The molecule has 4 rings (SSSR count). The molecular formula is C20H23N5O2. The first kappa shape index (κ1) is 17.3. The highest BCUT2D eigenvalue weighted by atomic mass is 16.5. The van der Waals surface area contributed by atoms with Crippen molar-refractivity contribution < 1.29 is 9.47 Å². The molecule has 0 atom stereocenters. The third-order valence-corrected chi connectivity index (χ3v) is 4.68. The van der Waals surface area contributed by atoms with Gasteiger partial charge in [-0.15, -0.1) is 0 Å². The molecule has 0 saturated heterocycles. The van der Waals surface area contributed by atoms with Crippen LogP contribution in [0.5, 0.6) is 11.5 Å². The van der Waals surface area contributed by atoms with Crippen LogP contribution in [0.25, 0.3) is 11.0 Å². The van der Waals surface area contributed by atoms with Gasteiger partial charge in [-0.2, -0.15) is 0 Å². The minimum absolute atomic E-state index is 0.459. The lowest BCUT2D eigenvalue weighted by atomic mass is 9.98. The van der Waals surface area contributed by atoms with Crippen LogP contribution in [0.1, 0.15) is 25.0 Å². The largest absolute Gasteiger partial charge is 0.490 e. The second-order valence-corrected chi connectivity index (χ2v) is 6.41. The summed E-state index contributed by atoms with van der Waals surface area (Å²) in [4.78, 5) is 15.3. The van der Waals surface area contributed by atoms with E-state index in [2.05, 4.69) is 32.0 Å². The summed E-state index contributed by atoms with van der Waals surface area (Å²) < 4.78 is 11.5. The SMILES string of the molecule is CCOc1cc2c(cc1OCC)CN(c1ncnc3nc(N)ccc13)CC2. The normalized spacial score (nSPS) is 13.5. The van der Waals surface area contributed by atoms with Gasteiger partial charge in [0.25, 0.3) is 0 Å². The highest BCUT2D eigenvalue weighted by Crippen LogP contribution is 2.35. The topological polar surface area (TPSA) is 86.4 Å². The maximum Gasteiger partial charge on any atom is 0.166 e. The summed E-state index contributed by atoms with van der Waals surface area (Å²) >= 11 is 0. The van der Waals surface area contributed by atoms with Crippen LogP contribution in [0, 0.1) is 0 Å². The first-order chi connectivity index (χ1) is 13.2. The maximum atomic E-state index is 5.79. The van der Waals surface area contributed by atoms with E-state index >= 15 is 0 Å². The summed E-state index contributed by atoms with van der Waals surface area (Å²) in [5.41, 5.74) is 8.92. The number of nitrogens with two attached hydrogens (primary N) is 1. The number of ether oxygens (including phenoxy) is 2. The molecule has 0 amide bonds. The van der Waals surface area contributed by atoms with E-state index in [9.17, 15) is 0 Å². The number of hydrogen-bond acceptors (Lipinski definition) is 7. The Morgan fingerprint density at radius 2 is 1.78 bits per heavy atom. The molecule has 2 N–H and O–H groups in total. The number of nitrogen functional groups attached to an aromatic ring is 1. The molecule has 27 heavy (non-hydrogen) atoms. The molecule has 7 nitrogen and oxygen atoms in total. The summed E-state index contributed by atoms with van der Waals surface area (Å²) in [6, 6.07) is 7.93. The molecule has 0 radical (unpaired) electrons. The third-order valence-electron chi connectivity index (χ3n) is 4.68. The van der Waals surface area contributed by atoms with Gasteiger partial charge in [-0.05, 0) is 55.7 Å².